The number of esters is 1. The van der Waals surface area contributed by atoms with Crippen LogP contribution in [0.3, 0.4) is 0 Å². The summed E-state index contributed by atoms with van der Waals surface area (Å²) in [4.78, 5) is 34.5. The topological polar surface area (TPSA) is 92.7 Å². The largest absolute Gasteiger partial charge is 0.481 e. The van der Waals surface area contributed by atoms with Crippen LogP contribution in [0.5, 0.6) is 0 Å². The Kier molecular flexibility index (Phi) is 11.5. The molecule has 7 heteroatoms. The van der Waals surface area contributed by atoms with E-state index in [4.69, 9.17) is 9.84 Å². The highest BCUT2D eigenvalue weighted by Crippen LogP contribution is 2.26. The van der Waals surface area contributed by atoms with Crippen LogP contribution < -0.4 is 5.32 Å². The normalized spacial score (nSPS) is 12.5. The van der Waals surface area contributed by atoms with Crippen molar-refractivity contribution in [3.8, 4) is 11.1 Å². The number of ether oxygens (including phenoxy) is 1. The van der Waals surface area contributed by atoms with Crippen LogP contribution in [0, 0.1) is 5.92 Å². The van der Waals surface area contributed by atoms with E-state index in [0.29, 0.717) is 18.9 Å². The number of carboxylic acid groups (broad SMARTS) is 1. The number of amides is 1. The van der Waals surface area contributed by atoms with E-state index in [1.807, 2.05) is 25.1 Å². The van der Waals surface area contributed by atoms with Gasteiger partial charge in [-0.1, -0.05) is 61.5 Å². The summed E-state index contributed by atoms with van der Waals surface area (Å²) in [5.41, 5.74) is 3.57. The third-order valence-corrected chi connectivity index (χ3v) is 6.49. The zero-order chi connectivity index (χ0) is 24.1. The summed E-state index contributed by atoms with van der Waals surface area (Å²) < 4.78 is 5.15. The van der Waals surface area contributed by atoms with Crippen molar-refractivity contribution < 1.29 is 24.2 Å². The maximum atomic E-state index is 12.1. The maximum absolute atomic E-state index is 12.1. The number of hydrogen-bond donors (Lipinski definition) is 2. The summed E-state index contributed by atoms with van der Waals surface area (Å²) in [7, 11) is 0. The number of thioether (sulfide) groups is 1. The molecule has 0 aromatic heterocycles. The lowest BCUT2D eigenvalue weighted by Gasteiger charge is -2.20. The van der Waals surface area contributed by atoms with Crippen LogP contribution in [-0.2, 0) is 25.5 Å². The van der Waals surface area contributed by atoms with Gasteiger partial charge in [0.05, 0.1) is 24.8 Å². The Morgan fingerprint density at radius 3 is 2.30 bits per heavy atom. The molecule has 0 heterocycles. The van der Waals surface area contributed by atoms with E-state index in [0.717, 1.165) is 12.8 Å². The molecular weight excluding hydrogens is 438 g/mol. The van der Waals surface area contributed by atoms with E-state index in [-0.39, 0.29) is 35.9 Å². The summed E-state index contributed by atoms with van der Waals surface area (Å²) >= 11 is 1.58. The zero-order valence-electron chi connectivity index (χ0n) is 19.3. The first-order valence-corrected chi connectivity index (χ1v) is 12.3. The highest BCUT2D eigenvalue weighted by Gasteiger charge is 2.21. The average molecular weight is 472 g/mol. The van der Waals surface area contributed by atoms with Gasteiger partial charge in [-0.3, -0.25) is 14.4 Å². The van der Waals surface area contributed by atoms with Gasteiger partial charge in [-0.25, -0.2) is 0 Å². The molecule has 0 saturated carbocycles. The molecule has 1 amide bonds. The van der Waals surface area contributed by atoms with E-state index >= 15 is 0 Å². The lowest BCUT2D eigenvalue weighted by atomic mass is 9.99. The first-order valence-electron chi connectivity index (χ1n) is 11.3. The second-order valence-electron chi connectivity index (χ2n) is 7.92. The number of carbonyl (C=O) groups is 3. The van der Waals surface area contributed by atoms with Crippen LogP contribution in [0.4, 0.5) is 0 Å². The van der Waals surface area contributed by atoms with E-state index in [9.17, 15) is 14.4 Å². The van der Waals surface area contributed by atoms with Crippen molar-refractivity contribution in [1.82, 2.24) is 5.32 Å². The van der Waals surface area contributed by atoms with Gasteiger partial charge >= 0.3 is 11.9 Å². The molecule has 6 nitrogen and oxygen atoms in total. The summed E-state index contributed by atoms with van der Waals surface area (Å²) in [6.45, 7) is 4.02. The second kappa shape index (κ2) is 14.4. The average Bonchev–Trinajstić information content (AvgIpc) is 2.82. The van der Waals surface area contributed by atoms with Crippen LogP contribution in [0.25, 0.3) is 11.1 Å². The molecule has 0 bridgehead atoms. The number of benzene rings is 2. The minimum absolute atomic E-state index is 0.0342. The molecule has 178 valence electrons. The Balaban J connectivity index is 1.92. The summed E-state index contributed by atoms with van der Waals surface area (Å²) in [5, 5.41) is 11.6. The molecule has 1 unspecified atom stereocenters. The molecular formula is C26H33NO5S. The molecule has 0 fully saturated rings. The summed E-state index contributed by atoms with van der Waals surface area (Å²) in [6, 6.07) is 18.7. The lowest BCUT2D eigenvalue weighted by Crippen LogP contribution is -2.26. The summed E-state index contributed by atoms with van der Waals surface area (Å²) in [5.74, 6) is -1.33. The molecule has 2 atom stereocenters. The van der Waals surface area contributed by atoms with Gasteiger partial charge in [-0.2, -0.15) is 0 Å². The zero-order valence-corrected chi connectivity index (χ0v) is 20.1. The third-order valence-electron chi connectivity index (χ3n) is 5.28. The van der Waals surface area contributed by atoms with Crippen LogP contribution in [0.2, 0.25) is 0 Å². The smallest absolute Gasteiger partial charge is 0.308 e. The fraction of sp³-hybridized carbons (Fsp3) is 0.423. The van der Waals surface area contributed by atoms with Gasteiger partial charge in [0.1, 0.15) is 0 Å². The second-order valence-corrected chi connectivity index (χ2v) is 9.21. The molecule has 2 rings (SSSR count). The fourth-order valence-corrected chi connectivity index (χ4v) is 4.60. The van der Waals surface area contributed by atoms with Gasteiger partial charge in [0.15, 0.2) is 0 Å². The maximum Gasteiger partial charge on any atom is 0.308 e. The number of carbonyl (C=O) groups excluding carboxylic acids is 2. The van der Waals surface area contributed by atoms with Crippen LogP contribution in [0.15, 0.2) is 54.6 Å². The van der Waals surface area contributed by atoms with Gasteiger partial charge in [-0.05, 0) is 42.9 Å². The number of aryl methyl sites for hydroxylation is 1. The van der Waals surface area contributed by atoms with Gasteiger partial charge < -0.3 is 15.2 Å². The van der Waals surface area contributed by atoms with Crippen molar-refractivity contribution in [2.75, 3.05) is 12.5 Å². The molecule has 0 aliphatic heterocycles. The molecule has 0 aliphatic rings. The monoisotopic (exact) mass is 471 g/mol. The van der Waals surface area contributed by atoms with Crippen molar-refractivity contribution in [3.05, 3.63) is 60.2 Å². The van der Waals surface area contributed by atoms with Gasteiger partial charge in [0.2, 0.25) is 5.91 Å². The first-order chi connectivity index (χ1) is 15.9. The highest BCUT2D eigenvalue weighted by molar-refractivity contribution is 7.99. The van der Waals surface area contributed by atoms with Gasteiger partial charge in [0, 0.05) is 11.7 Å². The van der Waals surface area contributed by atoms with Crippen molar-refractivity contribution in [2.45, 2.75) is 51.2 Å². The Morgan fingerprint density at radius 2 is 1.67 bits per heavy atom. The Bertz CT molecular complexity index is 885. The number of rotatable bonds is 14. The standard InChI is InChI=1S/C26H33NO5S/c1-3-32-26(31)19(2)17-23(33-18-27-24(28)15-16-25(29)30)14-11-20-9-12-22(13-10-20)21-7-5-4-6-8-21/h4-10,12-13,19,23H,3,11,14-18H2,1-2H3,(H,27,28)(H,29,30)/t19-,23?/m1/s1. The minimum atomic E-state index is -0.989. The molecule has 0 radical (unpaired) electrons. The van der Waals surface area contributed by atoms with Crippen LogP contribution in [-0.4, -0.2) is 40.7 Å². The van der Waals surface area contributed by atoms with Crippen molar-refractivity contribution in [3.63, 3.8) is 0 Å². The molecule has 2 aromatic carbocycles. The fourth-order valence-electron chi connectivity index (χ4n) is 3.42. The van der Waals surface area contributed by atoms with Crippen LogP contribution in [0.1, 0.15) is 45.1 Å². The molecule has 0 aliphatic carbocycles. The molecule has 0 saturated heterocycles. The van der Waals surface area contributed by atoms with Gasteiger partial charge in [-0.15, -0.1) is 11.8 Å². The Labute approximate surface area is 200 Å². The predicted octanol–water partition coefficient (Wildman–Crippen LogP) is 4.92. The van der Waals surface area contributed by atoms with Crippen molar-refractivity contribution >= 4 is 29.6 Å². The van der Waals surface area contributed by atoms with Crippen molar-refractivity contribution in [1.29, 1.82) is 0 Å². The number of hydrogen-bond acceptors (Lipinski definition) is 5. The third kappa shape index (κ3) is 10.1. The number of nitrogens with one attached hydrogen (secondary N) is 1. The number of carboxylic acids is 1. The van der Waals surface area contributed by atoms with E-state index < -0.39 is 5.97 Å². The van der Waals surface area contributed by atoms with E-state index in [2.05, 4.69) is 41.7 Å². The first kappa shape index (κ1) is 26.5. The van der Waals surface area contributed by atoms with Gasteiger partial charge in [0.25, 0.3) is 0 Å². The molecule has 33 heavy (non-hydrogen) atoms. The lowest BCUT2D eigenvalue weighted by molar-refractivity contribution is -0.147. The number of aliphatic carboxylic acids is 1. The quantitative estimate of drug-likeness (QED) is 0.300. The minimum Gasteiger partial charge on any atom is -0.481 e. The van der Waals surface area contributed by atoms with Crippen LogP contribution >= 0.6 is 11.8 Å². The highest BCUT2D eigenvalue weighted by atomic mass is 32.2. The predicted molar refractivity (Wildman–Crippen MR) is 132 cm³/mol. The Morgan fingerprint density at radius 1 is 1.00 bits per heavy atom. The van der Waals surface area contributed by atoms with E-state index in [1.54, 1.807) is 18.7 Å². The summed E-state index contributed by atoms with van der Waals surface area (Å²) in [6.07, 6.45) is 2.14. The molecule has 2 N–H and O–H groups in total. The van der Waals surface area contributed by atoms with E-state index in [1.165, 1.54) is 16.7 Å². The SMILES string of the molecule is CCOC(=O)[C@H](C)CC(CCc1ccc(-c2ccccc2)cc1)SCNC(=O)CCC(=O)O. The van der Waals surface area contributed by atoms with Crippen molar-refractivity contribution in [2.24, 2.45) is 5.92 Å². The molecule has 2 aromatic rings. The molecule has 0 spiro atoms. The Hall–Kier alpha value is -2.80.